The molecule has 1 fully saturated rings. The van der Waals surface area contributed by atoms with E-state index >= 15 is 0 Å². The average molecular weight is 366 g/mol. The summed E-state index contributed by atoms with van der Waals surface area (Å²) < 4.78 is 10.2. The number of carbonyl (C=O) groups is 3. The molecule has 4 amide bonds. The van der Waals surface area contributed by atoms with Crippen molar-refractivity contribution >= 4 is 18.0 Å². The van der Waals surface area contributed by atoms with Gasteiger partial charge >= 0.3 is 12.1 Å². The van der Waals surface area contributed by atoms with E-state index in [1.54, 1.807) is 42.7 Å². The van der Waals surface area contributed by atoms with Crippen LogP contribution in [0.15, 0.2) is 22.8 Å². The Bertz CT molecular complexity index is 616. The molecule has 1 aromatic heterocycles. The van der Waals surface area contributed by atoms with Crippen molar-refractivity contribution in [1.29, 1.82) is 0 Å². The van der Waals surface area contributed by atoms with Gasteiger partial charge in [-0.05, 0) is 32.9 Å². The number of hydrogen-bond donors (Lipinski definition) is 2. The first-order chi connectivity index (χ1) is 12.3. The molecule has 1 saturated heterocycles. The van der Waals surface area contributed by atoms with Gasteiger partial charge in [0.15, 0.2) is 5.76 Å². The highest BCUT2D eigenvalue weighted by Gasteiger charge is 2.25. The zero-order valence-electron chi connectivity index (χ0n) is 15.4. The predicted octanol–water partition coefficient (Wildman–Crippen LogP) is 1.27. The Labute approximate surface area is 152 Å². The Kier molecular flexibility index (Phi) is 6.48. The lowest BCUT2D eigenvalue weighted by molar-refractivity contribution is 0.0528. The maximum absolute atomic E-state index is 12.2. The van der Waals surface area contributed by atoms with Crippen LogP contribution in [0, 0.1) is 0 Å². The van der Waals surface area contributed by atoms with Crippen molar-refractivity contribution in [3.05, 3.63) is 24.2 Å². The van der Waals surface area contributed by atoms with Gasteiger partial charge in [0.25, 0.3) is 5.91 Å². The SMILES string of the molecule is CC(C)(C)OC(=O)NCCNC(=O)N1CCN(C(=O)c2ccco2)CC1. The fourth-order valence-electron chi connectivity index (χ4n) is 2.43. The summed E-state index contributed by atoms with van der Waals surface area (Å²) in [6.07, 6.45) is 0.944. The van der Waals surface area contributed by atoms with E-state index in [1.165, 1.54) is 6.26 Å². The van der Waals surface area contributed by atoms with E-state index in [0.717, 1.165) is 0 Å². The fourth-order valence-corrected chi connectivity index (χ4v) is 2.43. The number of amides is 4. The molecule has 9 heteroatoms. The normalized spacial score (nSPS) is 14.7. The minimum Gasteiger partial charge on any atom is -0.459 e. The molecule has 0 spiro atoms. The second kappa shape index (κ2) is 8.59. The molecule has 26 heavy (non-hydrogen) atoms. The predicted molar refractivity (Wildman–Crippen MR) is 93.8 cm³/mol. The first-order valence-electron chi connectivity index (χ1n) is 8.59. The van der Waals surface area contributed by atoms with Crippen LogP contribution in [0.1, 0.15) is 31.3 Å². The lowest BCUT2D eigenvalue weighted by atomic mass is 10.2. The third-order valence-corrected chi connectivity index (χ3v) is 3.66. The third-order valence-electron chi connectivity index (χ3n) is 3.66. The Morgan fingerprint density at radius 1 is 1.08 bits per heavy atom. The lowest BCUT2D eigenvalue weighted by Crippen LogP contribution is -2.53. The number of piperazine rings is 1. The second-order valence-corrected chi connectivity index (χ2v) is 6.92. The zero-order valence-corrected chi connectivity index (χ0v) is 15.4. The molecule has 0 aliphatic carbocycles. The smallest absolute Gasteiger partial charge is 0.407 e. The van der Waals surface area contributed by atoms with Gasteiger partial charge in [0.05, 0.1) is 6.26 Å². The summed E-state index contributed by atoms with van der Waals surface area (Å²) in [4.78, 5) is 39.1. The number of alkyl carbamates (subject to hydrolysis) is 1. The summed E-state index contributed by atoms with van der Waals surface area (Å²) in [5.41, 5.74) is -0.555. The number of nitrogens with zero attached hydrogens (tertiary/aromatic N) is 2. The highest BCUT2D eigenvalue weighted by Crippen LogP contribution is 2.09. The number of hydrogen-bond acceptors (Lipinski definition) is 5. The zero-order chi connectivity index (χ0) is 19.2. The molecular formula is C17H26N4O5. The second-order valence-electron chi connectivity index (χ2n) is 6.92. The molecule has 9 nitrogen and oxygen atoms in total. The van der Waals surface area contributed by atoms with Gasteiger partial charge in [-0.25, -0.2) is 9.59 Å². The molecule has 0 bridgehead atoms. The first kappa shape index (κ1) is 19.6. The van der Waals surface area contributed by atoms with Crippen LogP contribution in [0.3, 0.4) is 0 Å². The summed E-state index contributed by atoms with van der Waals surface area (Å²) in [7, 11) is 0. The monoisotopic (exact) mass is 366 g/mol. The molecule has 0 aromatic carbocycles. The standard InChI is InChI=1S/C17H26N4O5/c1-17(2,3)26-16(24)19-7-6-18-15(23)21-10-8-20(9-11-21)14(22)13-5-4-12-25-13/h4-5,12H,6-11H2,1-3H3,(H,18,23)(H,19,24). The van der Waals surface area contributed by atoms with E-state index in [2.05, 4.69) is 10.6 Å². The maximum atomic E-state index is 12.2. The van der Waals surface area contributed by atoms with Crippen LogP contribution in [0.4, 0.5) is 9.59 Å². The molecule has 1 aliphatic rings. The van der Waals surface area contributed by atoms with Crippen molar-refractivity contribution in [2.45, 2.75) is 26.4 Å². The molecule has 0 radical (unpaired) electrons. The van der Waals surface area contributed by atoms with E-state index in [9.17, 15) is 14.4 Å². The van der Waals surface area contributed by atoms with E-state index in [-0.39, 0.29) is 18.5 Å². The van der Waals surface area contributed by atoms with Crippen molar-refractivity contribution < 1.29 is 23.5 Å². The van der Waals surface area contributed by atoms with Crippen molar-refractivity contribution in [2.75, 3.05) is 39.3 Å². The number of furan rings is 1. The van der Waals surface area contributed by atoms with Gasteiger partial charge in [0, 0.05) is 39.3 Å². The van der Waals surface area contributed by atoms with E-state index in [0.29, 0.717) is 38.5 Å². The van der Waals surface area contributed by atoms with Crippen LogP contribution < -0.4 is 10.6 Å². The highest BCUT2D eigenvalue weighted by molar-refractivity contribution is 5.91. The highest BCUT2D eigenvalue weighted by atomic mass is 16.6. The van der Waals surface area contributed by atoms with Gasteiger partial charge in [0.1, 0.15) is 5.60 Å². The van der Waals surface area contributed by atoms with Crippen molar-refractivity contribution in [2.24, 2.45) is 0 Å². The number of ether oxygens (including phenoxy) is 1. The quantitative estimate of drug-likeness (QED) is 0.781. The Hall–Kier alpha value is -2.71. The number of rotatable bonds is 4. The van der Waals surface area contributed by atoms with Crippen molar-refractivity contribution in [1.82, 2.24) is 20.4 Å². The number of nitrogens with one attached hydrogen (secondary N) is 2. The van der Waals surface area contributed by atoms with Crippen LogP contribution in [0.2, 0.25) is 0 Å². The Balaban J connectivity index is 1.64. The van der Waals surface area contributed by atoms with Gasteiger partial charge in [-0.2, -0.15) is 0 Å². The molecule has 0 unspecified atom stereocenters. The summed E-state index contributed by atoms with van der Waals surface area (Å²) in [5, 5.41) is 5.31. The number of carbonyl (C=O) groups excluding carboxylic acids is 3. The van der Waals surface area contributed by atoms with Crippen LogP contribution in [0.5, 0.6) is 0 Å². The molecule has 1 aromatic rings. The van der Waals surface area contributed by atoms with Crippen LogP contribution >= 0.6 is 0 Å². The van der Waals surface area contributed by atoms with E-state index < -0.39 is 11.7 Å². The maximum Gasteiger partial charge on any atom is 0.407 e. The molecule has 2 N–H and O–H groups in total. The molecule has 0 atom stereocenters. The average Bonchev–Trinajstić information content (AvgIpc) is 3.11. The van der Waals surface area contributed by atoms with Gasteiger partial charge in [0.2, 0.25) is 0 Å². The molecule has 1 aliphatic heterocycles. The van der Waals surface area contributed by atoms with Crippen LogP contribution in [-0.4, -0.2) is 72.7 Å². The molecule has 144 valence electrons. The van der Waals surface area contributed by atoms with E-state index in [4.69, 9.17) is 9.15 Å². The molecule has 2 heterocycles. The third kappa shape index (κ3) is 5.98. The Morgan fingerprint density at radius 2 is 1.69 bits per heavy atom. The fraction of sp³-hybridized carbons (Fsp3) is 0.588. The van der Waals surface area contributed by atoms with Gasteiger partial charge < -0.3 is 29.6 Å². The van der Waals surface area contributed by atoms with Crippen molar-refractivity contribution in [3.63, 3.8) is 0 Å². The summed E-state index contributed by atoms with van der Waals surface area (Å²) in [6, 6.07) is 3.07. The van der Waals surface area contributed by atoms with Crippen molar-refractivity contribution in [3.8, 4) is 0 Å². The molecular weight excluding hydrogens is 340 g/mol. The summed E-state index contributed by atoms with van der Waals surface area (Å²) >= 11 is 0. The largest absolute Gasteiger partial charge is 0.459 e. The molecule has 0 saturated carbocycles. The van der Waals surface area contributed by atoms with E-state index in [1.807, 2.05) is 0 Å². The summed E-state index contributed by atoms with van der Waals surface area (Å²) in [5.74, 6) is 0.132. The van der Waals surface area contributed by atoms with Gasteiger partial charge in [-0.15, -0.1) is 0 Å². The Morgan fingerprint density at radius 3 is 2.27 bits per heavy atom. The topological polar surface area (TPSA) is 104 Å². The number of urea groups is 1. The van der Waals surface area contributed by atoms with Gasteiger partial charge in [-0.1, -0.05) is 0 Å². The molecule has 2 rings (SSSR count). The minimum atomic E-state index is -0.555. The van der Waals surface area contributed by atoms with Gasteiger partial charge in [-0.3, -0.25) is 4.79 Å². The minimum absolute atomic E-state index is 0.170. The van der Waals surface area contributed by atoms with Crippen LogP contribution in [-0.2, 0) is 4.74 Å². The summed E-state index contributed by atoms with van der Waals surface area (Å²) in [6.45, 7) is 7.70. The first-order valence-corrected chi connectivity index (χ1v) is 8.59. The lowest BCUT2D eigenvalue weighted by Gasteiger charge is -2.34. The van der Waals surface area contributed by atoms with Crippen LogP contribution in [0.25, 0.3) is 0 Å².